The monoisotopic (exact) mass is 459 g/mol. The third-order valence-corrected chi connectivity index (χ3v) is 4.78. The van der Waals surface area contributed by atoms with E-state index in [1.54, 1.807) is 30.3 Å². The number of para-hydroxylation sites is 1. The normalized spacial score (nSPS) is 12.2. The van der Waals surface area contributed by atoms with Crippen LogP contribution in [0, 0.1) is 0 Å². The van der Waals surface area contributed by atoms with Crippen LogP contribution in [-0.2, 0) is 12.7 Å². The number of alkyl halides is 3. The largest absolute Gasteiger partial charge is 0.496 e. The molecule has 0 spiro atoms. The average Bonchev–Trinajstić information content (AvgIpc) is 3.37. The number of rotatable bonds is 6. The summed E-state index contributed by atoms with van der Waals surface area (Å²) in [5, 5.41) is 18.1. The Kier molecular flexibility index (Phi) is 5.66. The van der Waals surface area contributed by atoms with Crippen LogP contribution in [0.4, 0.5) is 13.2 Å². The van der Waals surface area contributed by atoms with Crippen LogP contribution < -0.4 is 4.74 Å². The fourth-order valence-electron chi connectivity index (χ4n) is 3.51. The summed E-state index contributed by atoms with van der Waals surface area (Å²) < 4.78 is 54.0. The predicted octanol–water partition coefficient (Wildman–Crippen LogP) is 4.46. The smallest absolute Gasteiger partial charge is 0.433 e. The van der Waals surface area contributed by atoms with E-state index in [-0.39, 0.29) is 29.1 Å². The molecule has 0 aliphatic heterocycles. The molecule has 4 rings (SSSR count). The second-order valence-corrected chi connectivity index (χ2v) is 7.90. The second-order valence-electron chi connectivity index (χ2n) is 7.90. The van der Waals surface area contributed by atoms with Crippen LogP contribution in [0.5, 0.6) is 5.75 Å². The van der Waals surface area contributed by atoms with Gasteiger partial charge < -0.3 is 14.4 Å². The van der Waals surface area contributed by atoms with Gasteiger partial charge in [0.15, 0.2) is 11.5 Å². The fourth-order valence-corrected chi connectivity index (χ4v) is 3.51. The standard InChI is InChI=1S/C22H20F3N5O3/c1-21(2,31)11-30-20(22(23,24)25)14(10-28-30)19-17(15-8-9-26-12-27-15)18(29-33-19)13-6-4-5-7-16(13)32-3/h4-10,12,31H,11H2,1-3H3. The average molecular weight is 459 g/mol. The van der Waals surface area contributed by atoms with E-state index in [4.69, 9.17) is 9.26 Å². The van der Waals surface area contributed by atoms with Crippen LogP contribution in [0.2, 0.25) is 0 Å². The number of hydrogen-bond acceptors (Lipinski definition) is 7. The van der Waals surface area contributed by atoms with Gasteiger partial charge in [-0.2, -0.15) is 18.3 Å². The number of benzene rings is 1. The van der Waals surface area contributed by atoms with Crippen molar-refractivity contribution in [2.45, 2.75) is 32.2 Å². The number of halogens is 3. The minimum absolute atomic E-state index is 0.163. The van der Waals surface area contributed by atoms with Gasteiger partial charge in [0.05, 0.1) is 42.3 Å². The predicted molar refractivity (Wildman–Crippen MR) is 112 cm³/mol. The van der Waals surface area contributed by atoms with Crippen molar-refractivity contribution in [3.05, 3.63) is 54.7 Å². The minimum Gasteiger partial charge on any atom is -0.496 e. The van der Waals surface area contributed by atoms with Gasteiger partial charge in [0.2, 0.25) is 0 Å². The van der Waals surface area contributed by atoms with E-state index in [2.05, 4.69) is 20.2 Å². The lowest BCUT2D eigenvalue weighted by Gasteiger charge is -2.20. The molecule has 0 amide bonds. The number of nitrogens with zero attached hydrogens (tertiary/aromatic N) is 5. The molecule has 0 bridgehead atoms. The topological polar surface area (TPSA) is 99.1 Å². The van der Waals surface area contributed by atoms with Crippen LogP contribution in [0.1, 0.15) is 19.5 Å². The third-order valence-electron chi connectivity index (χ3n) is 4.78. The summed E-state index contributed by atoms with van der Waals surface area (Å²) in [6.45, 7) is 2.42. The van der Waals surface area contributed by atoms with Crippen molar-refractivity contribution in [2.24, 2.45) is 0 Å². The molecule has 8 nitrogen and oxygen atoms in total. The van der Waals surface area contributed by atoms with Crippen molar-refractivity contribution >= 4 is 0 Å². The molecular weight excluding hydrogens is 439 g/mol. The highest BCUT2D eigenvalue weighted by atomic mass is 19.4. The van der Waals surface area contributed by atoms with Crippen molar-refractivity contribution < 1.29 is 27.5 Å². The molecule has 0 fully saturated rings. The highest BCUT2D eigenvalue weighted by Gasteiger charge is 2.41. The maximum absolute atomic E-state index is 14.1. The van der Waals surface area contributed by atoms with Crippen molar-refractivity contribution in [3.63, 3.8) is 0 Å². The quantitative estimate of drug-likeness (QED) is 0.454. The first-order valence-electron chi connectivity index (χ1n) is 9.85. The molecule has 1 N–H and O–H groups in total. The van der Waals surface area contributed by atoms with E-state index in [1.807, 2.05) is 0 Å². The minimum atomic E-state index is -4.78. The van der Waals surface area contributed by atoms with Gasteiger partial charge in [-0.3, -0.25) is 4.68 Å². The Bertz CT molecular complexity index is 1260. The summed E-state index contributed by atoms with van der Waals surface area (Å²) in [7, 11) is 1.48. The van der Waals surface area contributed by atoms with E-state index >= 15 is 0 Å². The van der Waals surface area contributed by atoms with E-state index in [1.165, 1.54) is 33.5 Å². The Morgan fingerprint density at radius 3 is 2.52 bits per heavy atom. The van der Waals surface area contributed by atoms with Gasteiger partial charge in [0.25, 0.3) is 0 Å². The zero-order valence-corrected chi connectivity index (χ0v) is 18.0. The molecule has 0 radical (unpaired) electrons. The van der Waals surface area contributed by atoms with Crippen LogP contribution in [0.15, 0.2) is 53.6 Å². The molecule has 4 aromatic rings. The van der Waals surface area contributed by atoms with Gasteiger partial charge in [-0.15, -0.1) is 0 Å². The number of aromatic nitrogens is 5. The third kappa shape index (κ3) is 4.44. The Morgan fingerprint density at radius 2 is 1.88 bits per heavy atom. The van der Waals surface area contributed by atoms with E-state index in [9.17, 15) is 18.3 Å². The summed E-state index contributed by atoms with van der Waals surface area (Å²) in [5.41, 5.74) is -1.51. The molecule has 0 atom stereocenters. The maximum atomic E-state index is 14.1. The zero-order valence-electron chi connectivity index (χ0n) is 18.0. The molecular formula is C22H20F3N5O3. The van der Waals surface area contributed by atoms with Crippen LogP contribution in [-0.4, -0.2) is 42.7 Å². The molecule has 0 aliphatic rings. The molecule has 33 heavy (non-hydrogen) atoms. The summed E-state index contributed by atoms with van der Waals surface area (Å²) in [6.07, 6.45) is -0.989. The molecule has 0 aliphatic carbocycles. The van der Waals surface area contributed by atoms with Crippen LogP contribution in [0.3, 0.4) is 0 Å². The van der Waals surface area contributed by atoms with Gasteiger partial charge in [-0.1, -0.05) is 17.3 Å². The SMILES string of the molecule is COc1ccccc1-c1noc(-c2cnn(CC(C)(C)O)c2C(F)(F)F)c1-c1ccncn1. The molecule has 3 heterocycles. The summed E-state index contributed by atoms with van der Waals surface area (Å²) >= 11 is 0. The summed E-state index contributed by atoms with van der Waals surface area (Å²) in [5.74, 6) is 0.297. The first-order valence-corrected chi connectivity index (χ1v) is 9.85. The Hall–Kier alpha value is -3.73. The molecule has 0 saturated carbocycles. The van der Waals surface area contributed by atoms with Crippen molar-refractivity contribution in [1.29, 1.82) is 0 Å². The van der Waals surface area contributed by atoms with E-state index in [0.717, 1.165) is 6.20 Å². The fraction of sp³-hybridized carbons (Fsp3) is 0.273. The number of ether oxygens (including phenoxy) is 1. The van der Waals surface area contributed by atoms with E-state index in [0.29, 0.717) is 21.7 Å². The molecule has 3 aromatic heterocycles. The lowest BCUT2D eigenvalue weighted by atomic mass is 9.99. The lowest BCUT2D eigenvalue weighted by molar-refractivity contribution is -0.144. The van der Waals surface area contributed by atoms with Gasteiger partial charge in [0.1, 0.15) is 17.8 Å². The first kappa shape index (κ1) is 22.5. The molecule has 0 unspecified atom stereocenters. The van der Waals surface area contributed by atoms with Crippen LogP contribution >= 0.6 is 0 Å². The summed E-state index contributed by atoms with van der Waals surface area (Å²) in [4.78, 5) is 8.09. The number of aliphatic hydroxyl groups is 1. The van der Waals surface area contributed by atoms with Crippen molar-refractivity contribution in [2.75, 3.05) is 7.11 Å². The molecule has 11 heteroatoms. The van der Waals surface area contributed by atoms with Crippen LogP contribution in [0.25, 0.3) is 33.8 Å². The highest BCUT2D eigenvalue weighted by Crippen LogP contribution is 2.45. The zero-order chi connectivity index (χ0) is 23.8. The maximum Gasteiger partial charge on any atom is 0.433 e. The molecule has 1 aromatic carbocycles. The molecule has 0 saturated heterocycles. The van der Waals surface area contributed by atoms with Crippen molar-refractivity contribution in [3.8, 4) is 39.6 Å². The van der Waals surface area contributed by atoms with Gasteiger partial charge in [-0.25, -0.2) is 9.97 Å². The van der Waals surface area contributed by atoms with Crippen molar-refractivity contribution in [1.82, 2.24) is 24.9 Å². The molecule has 172 valence electrons. The second kappa shape index (κ2) is 8.32. The Labute approximate surface area is 186 Å². The van der Waals surface area contributed by atoms with Gasteiger partial charge in [-0.05, 0) is 32.0 Å². The lowest BCUT2D eigenvalue weighted by Crippen LogP contribution is -2.29. The summed E-state index contributed by atoms with van der Waals surface area (Å²) in [6, 6.07) is 8.47. The number of methoxy groups -OCH3 is 1. The van der Waals surface area contributed by atoms with Gasteiger partial charge >= 0.3 is 6.18 Å². The first-order chi connectivity index (χ1) is 15.6. The van der Waals surface area contributed by atoms with E-state index < -0.39 is 17.5 Å². The van der Waals surface area contributed by atoms with Gasteiger partial charge in [0, 0.05) is 11.8 Å². The number of hydrogen-bond donors (Lipinski definition) is 1. The Balaban J connectivity index is 2.00. The highest BCUT2D eigenvalue weighted by molar-refractivity contribution is 5.90. The Morgan fingerprint density at radius 1 is 1.12 bits per heavy atom.